The first-order valence-electron chi connectivity index (χ1n) is 6.44. The predicted octanol–water partition coefficient (Wildman–Crippen LogP) is 1.24. The van der Waals surface area contributed by atoms with Gasteiger partial charge in [-0.15, -0.1) is 0 Å². The van der Waals surface area contributed by atoms with Crippen molar-refractivity contribution in [1.29, 1.82) is 0 Å². The Hall–Kier alpha value is -0.910. The minimum absolute atomic E-state index is 0.227. The van der Waals surface area contributed by atoms with Crippen molar-refractivity contribution in [3.63, 3.8) is 0 Å². The summed E-state index contributed by atoms with van der Waals surface area (Å²) in [5, 5.41) is 12.0. The second-order valence-corrected chi connectivity index (χ2v) is 6.27. The fourth-order valence-corrected chi connectivity index (χ4v) is 3.27. The lowest BCUT2D eigenvalue weighted by atomic mass is 10.1. The quantitative estimate of drug-likeness (QED) is 0.808. The van der Waals surface area contributed by atoms with E-state index in [1.807, 2.05) is 0 Å². The van der Waals surface area contributed by atoms with Crippen molar-refractivity contribution in [2.75, 3.05) is 24.6 Å². The number of carbonyl (C=O) groups excluding carboxylic acids is 1. The molecule has 1 saturated heterocycles. The van der Waals surface area contributed by atoms with Gasteiger partial charge in [-0.2, -0.15) is 11.8 Å². The van der Waals surface area contributed by atoms with Crippen LogP contribution in [0.1, 0.15) is 19.8 Å². The van der Waals surface area contributed by atoms with Crippen molar-refractivity contribution in [2.24, 2.45) is 11.8 Å². The predicted molar refractivity (Wildman–Crippen MR) is 70.7 cm³/mol. The molecule has 0 radical (unpaired) electrons. The molecule has 2 N–H and O–H groups in total. The van der Waals surface area contributed by atoms with Crippen LogP contribution in [-0.4, -0.2) is 52.6 Å². The van der Waals surface area contributed by atoms with E-state index < -0.39 is 12.0 Å². The molecular weight excluding hydrogens is 252 g/mol. The SMILES string of the molecule is CC(CNC(=O)N1CCSCC1C(=O)O)C1CC1. The Labute approximate surface area is 111 Å². The lowest BCUT2D eigenvalue weighted by molar-refractivity contribution is -0.141. The summed E-state index contributed by atoms with van der Waals surface area (Å²) in [4.78, 5) is 24.6. The molecule has 1 aliphatic heterocycles. The van der Waals surface area contributed by atoms with E-state index in [4.69, 9.17) is 5.11 Å². The monoisotopic (exact) mass is 272 g/mol. The number of urea groups is 1. The molecule has 2 unspecified atom stereocenters. The number of carboxylic acids is 1. The third-order valence-corrected chi connectivity index (χ3v) is 4.70. The van der Waals surface area contributed by atoms with Gasteiger partial charge in [0.2, 0.25) is 0 Å². The Morgan fingerprint density at radius 1 is 1.50 bits per heavy atom. The van der Waals surface area contributed by atoms with Crippen molar-refractivity contribution < 1.29 is 14.7 Å². The number of nitrogens with zero attached hydrogens (tertiary/aromatic N) is 1. The van der Waals surface area contributed by atoms with Gasteiger partial charge >= 0.3 is 12.0 Å². The molecule has 18 heavy (non-hydrogen) atoms. The van der Waals surface area contributed by atoms with Crippen LogP contribution in [0.5, 0.6) is 0 Å². The summed E-state index contributed by atoms with van der Waals surface area (Å²) < 4.78 is 0. The molecule has 5 nitrogen and oxygen atoms in total. The molecular formula is C12H20N2O3S. The van der Waals surface area contributed by atoms with E-state index in [0.717, 1.165) is 11.7 Å². The maximum Gasteiger partial charge on any atom is 0.327 e. The van der Waals surface area contributed by atoms with Crippen LogP contribution in [0.3, 0.4) is 0 Å². The van der Waals surface area contributed by atoms with Gasteiger partial charge in [0.15, 0.2) is 0 Å². The molecule has 1 heterocycles. The highest BCUT2D eigenvalue weighted by atomic mass is 32.2. The normalized spacial score (nSPS) is 25.6. The van der Waals surface area contributed by atoms with Gasteiger partial charge in [-0.1, -0.05) is 6.92 Å². The molecule has 0 aromatic heterocycles. The molecule has 102 valence electrons. The number of carbonyl (C=O) groups is 2. The van der Waals surface area contributed by atoms with Gasteiger partial charge in [0.1, 0.15) is 6.04 Å². The molecule has 2 aliphatic rings. The highest BCUT2D eigenvalue weighted by Crippen LogP contribution is 2.36. The molecule has 6 heteroatoms. The second kappa shape index (κ2) is 5.82. The zero-order valence-corrected chi connectivity index (χ0v) is 11.4. The summed E-state index contributed by atoms with van der Waals surface area (Å²) in [7, 11) is 0. The van der Waals surface area contributed by atoms with Gasteiger partial charge < -0.3 is 15.3 Å². The Morgan fingerprint density at radius 2 is 2.22 bits per heavy atom. The first kappa shape index (κ1) is 13.5. The highest BCUT2D eigenvalue weighted by Gasteiger charge is 2.33. The summed E-state index contributed by atoms with van der Waals surface area (Å²) in [5.41, 5.74) is 0. The van der Waals surface area contributed by atoms with Gasteiger partial charge in [-0.05, 0) is 24.7 Å². The van der Waals surface area contributed by atoms with E-state index in [1.54, 1.807) is 11.8 Å². The number of thioether (sulfide) groups is 1. The molecule has 2 fully saturated rings. The molecule has 0 bridgehead atoms. The minimum Gasteiger partial charge on any atom is -0.480 e. The number of amides is 2. The van der Waals surface area contributed by atoms with Crippen LogP contribution in [0.25, 0.3) is 0 Å². The minimum atomic E-state index is -0.910. The third kappa shape index (κ3) is 3.31. The summed E-state index contributed by atoms with van der Waals surface area (Å²) in [6.07, 6.45) is 2.52. The fourth-order valence-electron chi connectivity index (χ4n) is 2.23. The second-order valence-electron chi connectivity index (χ2n) is 5.12. The van der Waals surface area contributed by atoms with Crippen LogP contribution >= 0.6 is 11.8 Å². The van der Waals surface area contributed by atoms with E-state index in [0.29, 0.717) is 24.8 Å². The van der Waals surface area contributed by atoms with Crippen LogP contribution in [0.4, 0.5) is 4.79 Å². The smallest absolute Gasteiger partial charge is 0.327 e. The molecule has 1 aliphatic carbocycles. The van der Waals surface area contributed by atoms with Crippen LogP contribution in [-0.2, 0) is 4.79 Å². The molecule has 2 atom stereocenters. The topological polar surface area (TPSA) is 69.6 Å². The van der Waals surface area contributed by atoms with Crippen molar-refractivity contribution in [3.8, 4) is 0 Å². The summed E-state index contributed by atoms with van der Waals surface area (Å²) in [6, 6.07) is -0.907. The number of rotatable bonds is 4. The number of hydrogen-bond acceptors (Lipinski definition) is 3. The molecule has 2 amide bonds. The van der Waals surface area contributed by atoms with Crippen molar-refractivity contribution in [1.82, 2.24) is 10.2 Å². The van der Waals surface area contributed by atoms with Crippen LogP contribution in [0.2, 0.25) is 0 Å². The van der Waals surface area contributed by atoms with Crippen LogP contribution in [0.15, 0.2) is 0 Å². The van der Waals surface area contributed by atoms with Crippen molar-refractivity contribution >= 4 is 23.8 Å². The molecule has 2 rings (SSSR count). The number of aliphatic carboxylic acids is 1. The first-order chi connectivity index (χ1) is 8.59. The average Bonchev–Trinajstić information content (AvgIpc) is 3.19. The summed E-state index contributed by atoms with van der Waals surface area (Å²) in [6.45, 7) is 3.31. The molecule has 0 spiro atoms. The number of hydrogen-bond donors (Lipinski definition) is 2. The zero-order valence-electron chi connectivity index (χ0n) is 10.6. The Bertz CT molecular complexity index is 333. The van der Waals surface area contributed by atoms with Gasteiger partial charge in [-0.25, -0.2) is 9.59 Å². The average molecular weight is 272 g/mol. The number of carboxylic acid groups (broad SMARTS) is 1. The maximum absolute atomic E-state index is 12.0. The van der Waals surface area contributed by atoms with Crippen LogP contribution < -0.4 is 5.32 Å². The standard InChI is InChI=1S/C12H20N2O3S/c1-8(9-2-3-9)6-13-12(17)14-4-5-18-7-10(14)11(15)16/h8-10H,2-7H2,1H3,(H,13,17)(H,15,16). The largest absolute Gasteiger partial charge is 0.480 e. The van der Waals surface area contributed by atoms with Gasteiger partial charge in [0.25, 0.3) is 0 Å². The van der Waals surface area contributed by atoms with Crippen molar-refractivity contribution in [3.05, 3.63) is 0 Å². The van der Waals surface area contributed by atoms with E-state index in [9.17, 15) is 9.59 Å². The van der Waals surface area contributed by atoms with Crippen molar-refractivity contribution in [2.45, 2.75) is 25.8 Å². The maximum atomic E-state index is 12.0. The third-order valence-electron chi connectivity index (χ3n) is 3.68. The Balaban J connectivity index is 1.83. The van der Waals surface area contributed by atoms with Crippen LogP contribution in [0, 0.1) is 11.8 Å². The number of nitrogens with one attached hydrogen (secondary N) is 1. The first-order valence-corrected chi connectivity index (χ1v) is 7.60. The molecule has 1 saturated carbocycles. The van der Waals surface area contributed by atoms with Gasteiger partial charge in [0.05, 0.1) is 0 Å². The molecule has 0 aromatic carbocycles. The zero-order chi connectivity index (χ0) is 13.1. The van der Waals surface area contributed by atoms with Gasteiger partial charge in [-0.3, -0.25) is 0 Å². The van der Waals surface area contributed by atoms with Gasteiger partial charge in [0, 0.05) is 24.6 Å². The van der Waals surface area contributed by atoms with E-state index in [-0.39, 0.29) is 6.03 Å². The molecule has 0 aromatic rings. The highest BCUT2D eigenvalue weighted by molar-refractivity contribution is 7.99. The van der Waals surface area contributed by atoms with E-state index in [2.05, 4.69) is 12.2 Å². The van der Waals surface area contributed by atoms with E-state index in [1.165, 1.54) is 17.7 Å². The fraction of sp³-hybridized carbons (Fsp3) is 0.833. The lowest BCUT2D eigenvalue weighted by Gasteiger charge is -2.32. The van der Waals surface area contributed by atoms with E-state index >= 15 is 0 Å². The summed E-state index contributed by atoms with van der Waals surface area (Å²) >= 11 is 1.59. The Morgan fingerprint density at radius 3 is 2.83 bits per heavy atom. The Kier molecular flexibility index (Phi) is 4.37. The summed E-state index contributed by atoms with van der Waals surface area (Å²) in [5.74, 6) is 1.64. The lowest BCUT2D eigenvalue weighted by Crippen LogP contribution is -2.54.